The molecular weight excluding hydrogens is 204 g/mol. The fourth-order valence-corrected chi connectivity index (χ4v) is 2.70. The first-order valence-corrected chi connectivity index (χ1v) is 6.58. The predicted octanol–water partition coefficient (Wildman–Crippen LogP) is 2.53. The van der Waals surface area contributed by atoms with Crippen molar-refractivity contribution in [2.75, 3.05) is 13.2 Å². The van der Waals surface area contributed by atoms with Gasteiger partial charge in [-0.25, -0.2) is 0 Å². The van der Waals surface area contributed by atoms with Crippen LogP contribution in [0, 0.1) is 11.8 Å². The minimum absolute atomic E-state index is 0.0111. The monoisotopic (exact) mass is 226 g/mol. The fourth-order valence-electron chi connectivity index (χ4n) is 2.70. The maximum atomic E-state index is 10.9. The average molecular weight is 226 g/mol. The molecule has 2 rings (SSSR count). The molecule has 1 saturated heterocycles. The van der Waals surface area contributed by atoms with Gasteiger partial charge in [-0.2, -0.15) is 0 Å². The summed E-state index contributed by atoms with van der Waals surface area (Å²) in [5.74, 6) is 0.647. The Morgan fingerprint density at radius 2 is 1.94 bits per heavy atom. The Labute approximate surface area is 97.5 Å². The molecule has 0 N–H and O–H groups in total. The van der Waals surface area contributed by atoms with Crippen LogP contribution in [-0.4, -0.2) is 25.8 Å². The van der Waals surface area contributed by atoms with E-state index in [0.717, 1.165) is 38.6 Å². The lowest BCUT2D eigenvalue weighted by Gasteiger charge is -2.30. The summed E-state index contributed by atoms with van der Waals surface area (Å²) >= 11 is 0. The standard InChI is InChI=1S/C13H22O3/c14-9-11-5-1-2-6-12(11)10-16-13-7-3-4-8-15-13/h9,11-13H,1-8,10H2/t11-,12-,13?/m0/s1. The second kappa shape index (κ2) is 6.36. The normalized spacial score (nSPS) is 35.9. The number of hydrogen-bond acceptors (Lipinski definition) is 3. The minimum atomic E-state index is -0.0111. The number of carbonyl (C=O) groups is 1. The van der Waals surface area contributed by atoms with Gasteiger partial charge >= 0.3 is 0 Å². The Morgan fingerprint density at radius 1 is 1.12 bits per heavy atom. The van der Waals surface area contributed by atoms with Crippen molar-refractivity contribution in [3.63, 3.8) is 0 Å². The molecule has 1 heterocycles. The third kappa shape index (κ3) is 3.29. The second-order valence-electron chi connectivity index (χ2n) is 4.97. The molecule has 0 aromatic carbocycles. The van der Waals surface area contributed by atoms with Crippen LogP contribution in [0.4, 0.5) is 0 Å². The zero-order chi connectivity index (χ0) is 11.2. The first kappa shape index (κ1) is 12.1. The Morgan fingerprint density at radius 3 is 2.69 bits per heavy atom. The van der Waals surface area contributed by atoms with Crippen molar-refractivity contribution in [3.05, 3.63) is 0 Å². The average Bonchev–Trinajstić information content (AvgIpc) is 2.38. The molecule has 0 bridgehead atoms. The van der Waals surface area contributed by atoms with Crippen LogP contribution >= 0.6 is 0 Å². The van der Waals surface area contributed by atoms with E-state index in [-0.39, 0.29) is 12.2 Å². The molecule has 3 nitrogen and oxygen atoms in total. The molecule has 1 aliphatic carbocycles. The minimum Gasteiger partial charge on any atom is -0.353 e. The van der Waals surface area contributed by atoms with Crippen LogP contribution in [0.3, 0.4) is 0 Å². The third-order valence-electron chi connectivity index (χ3n) is 3.78. The lowest BCUT2D eigenvalue weighted by Crippen LogP contribution is -2.30. The zero-order valence-corrected chi connectivity index (χ0v) is 9.90. The molecule has 0 radical (unpaired) electrons. The van der Waals surface area contributed by atoms with E-state index in [1.54, 1.807) is 0 Å². The first-order chi connectivity index (χ1) is 7.90. The molecule has 0 aromatic rings. The zero-order valence-electron chi connectivity index (χ0n) is 9.90. The highest BCUT2D eigenvalue weighted by Crippen LogP contribution is 2.29. The van der Waals surface area contributed by atoms with Crippen molar-refractivity contribution in [2.24, 2.45) is 11.8 Å². The molecule has 92 valence electrons. The molecule has 16 heavy (non-hydrogen) atoms. The Bertz CT molecular complexity index is 211. The van der Waals surface area contributed by atoms with Crippen LogP contribution in [0.1, 0.15) is 44.9 Å². The molecule has 2 fully saturated rings. The maximum Gasteiger partial charge on any atom is 0.157 e. The van der Waals surface area contributed by atoms with Crippen LogP contribution in [0.25, 0.3) is 0 Å². The Hall–Kier alpha value is -0.410. The van der Waals surface area contributed by atoms with Gasteiger partial charge in [0.05, 0.1) is 6.61 Å². The highest BCUT2D eigenvalue weighted by Gasteiger charge is 2.26. The van der Waals surface area contributed by atoms with Crippen molar-refractivity contribution in [2.45, 2.75) is 51.2 Å². The molecule has 0 amide bonds. The molecule has 0 aromatic heterocycles. The van der Waals surface area contributed by atoms with Gasteiger partial charge in [0.2, 0.25) is 0 Å². The van der Waals surface area contributed by atoms with E-state index in [1.165, 1.54) is 19.3 Å². The fraction of sp³-hybridized carbons (Fsp3) is 0.923. The quantitative estimate of drug-likeness (QED) is 0.691. The van der Waals surface area contributed by atoms with E-state index in [0.29, 0.717) is 12.5 Å². The van der Waals surface area contributed by atoms with E-state index in [9.17, 15) is 4.79 Å². The summed E-state index contributed by atoms with van der Waals surface area (Å²) in [5, 5.41) is 0. The number of rotatable bonds is 4. The van der Waals surface area contributed by atoms with Crippen molar-refractivity contribution < 1.29 is 14.3 Å². The van der Waals surface area contributed by atoms with Gasteiger partial charge in [-0.15, -0.1) is 0 Å². The SMILES string of the molecule is O=C[C@@H]1CCCC[C@H]1COC1CCCCO1. The summed E-state index contributed by atoms with van der Waals surface area (Å²) in [6.07, 6.45) is 9.09. The van der Waals surface area contributed by atoms with E-state index in [2.05, 4.69) is 0 Å². The van der Waals surface area contributed by atoms with Crippen LogP contribution in [0.15, 0.2) is 0 Å². The largest absolute Gasteiger partial charge is 0.353 e. The highest BCUT2D eigenvalue weighted by atomic mass is 16.7. The Balaban J connectivity index is 1.72. The van der Waals surface area contributed by atoms with Crippen LogP contribution in [-0.2, 0) is 14.3 Å². The van der Waals surface area contributed by atoms with E-state index in [4.69, 9.17) is 9.47 Å². The topological polar surface area (TPSA) is 35.5 Å². The predicted molar refractivity (Wildman–Crippen MR) is 61.1 cm³/mol. The van der Waals surface area contributed by atoms with E-state index in [1.807, 2.05) is 0 Å². The van der Waals surface area contributed by atoms with Crippen LogP contribution < -0.4 is 0 Å². The molecule has 2 aliphatic rings. The van der Waals surface area contributed by atoms with Gasteiger partial charge in [-0.1, -0.05) is 12.8 Å². The number of ether oxygens (including phenoxy) is 2. The van der Waals surface area contributed by atoms with Gasteiger partial charge in [0.25, 0.3) is 0 Å². The third-order valence-corrected chi connectivity index (χ3v) is 3.78. The second-order valence-corrected chi connectivity index (χ2v) is 4.97. The summed E-state index contributed by atoms with van der Waals surface area (Å²) in [5.41, 5.74) is 0. The summed E-state index contributed by atoms with van der Waals surface area (Å²) in [6, 6.07) is 0. The molecule has 3 atom stereocenters. The van der Waals surface area contributed by atoms with Crippen LogP contribution in [0.2, 0.25) is 0 Å². The Kier molecular flexibility index (Phi) is 4.79. The van der Waals surface area contributed by atoms with Gasteiger partial charge in [-0.3, -0.25) is 0 Å². The number of carbonyl (C=O) groups excluding carboxylic acids is 1. The smallest absolute Gasteiger partial charge is 0.157 e. The molecular formula is C13H22O3. The highest BCUT2D eigenvalue weighted by molar-refractivity contribution is 5.54. The molecule has 1 saturated carbocycles. The molecule has 3 heteroatoms. The van der Waals surface area contributed by atoms with Crippen molar-refractivity contribution in [3.8, 4) is 0 Å². The van der Waals surface area contributed by atoms with Crippen molar-refractivity contribution >= 4 is 6.29 Å². The number of hydrogen-bond donors (Lipinski definition) is 0. The van der Waals surface area contributed by atoms with Crippen LogP contribution in [0.5, 0.6) is 0 Å². The van der Waals surface area contributed by atoms with Gasteiger partial charge in [0, 0.05) is 12.5 Å². The number of aldehydes is 1. The maximum absolute atomic E-state index is 10.9. The first-order valence-electron chi connectivity index (χ1n) is 6.58. The summed E-state index contributed by atoms with van der Waals surface area (Å²) in [6.45, 7) is 1.53. The molecule has 1 aliphatic heterocycles. The summed E-state index contributed by atoms with van der Waals surface area (Å²) in [7, 11) is 0. The molecule has 0 spiro atoms. The van der Waals surface area contributed by atoms with Gasteiger partial charge in [-0.05, 0) is 38.0 Å². The lowest BCUT2D eigenvalue weighted by atomic mass is 9.80. The summed E-state index contributed by atoms with van der Waals surface area (Å²) < 4.78 is 11.3. The van der Waals surface area contributed by atoms with Gasteiger partial charge in [0.1, 0.15) is 6.29 Å². The van der Waals surface area contributed by atoms with E-state index >= 15 is 0 Å². The molecule has 1 unspecified atom stereocenters. The van der Waals surface area contributed by atoms with Crippen molar-refractivity contribution in [1.29, 1.82) is 0 Å². The van der Waals surface area contributed by atoms with Crippen molar-refractivity contribution in [1.82, 2.24) is 0 Å². The van der Waals surface area contributed by atoms with Gasteiger partial charge in [0.15, 0.2) is 6.29 Å². The van der Waals surface area contributed by atoms with E-state index < -0.39 is 0 Å². The lowest BCUT2D eigenvalue weighted by molar-refractivity contribution is -0.173. The summed E-state index contributed by atoms with van der Waals surface area (Å²) in [4.78, 5) is 10.9. The van der Waals surface area contributed by atoms with Gasteiger partial charge < -0.3 is 14.3 Å².